The summed E-state index contributed by atoms with van der Waals surface area (Å²) in [5.74, 6) is -1.03. The number of hydrazone groups is 1. The molecule has 11 heteroatoms. The summed E-state index contributed by atoms with van der Waals surface area (Å²) in [6.45, 7) is -0.692. The summed E-state index contributed by atoms with van der Waals surface area (Å²) >= 11 is 0. The molecule has 0 bridgehead atoms. The molecule has 0 saturated carbocycles. The molecule has 0 unspecified atom stereocenters. The summed E-state index contributed by atoms with van der Waals surface area (Å²) in [6, 6.07) is 20.4. The van der Waals surface area contributed by atoms with Crippen molar-refractivity contribution in [1.29, 1.82) is 0 Å². The molecule has 0 heterocycles. The van der Waals surface area contributed by atoms with Gasteiger partial charge in [-0.25, -0.2) is 18.2 Å². The number of benzene rings is 3. The lowest BCUT2D eigenvalue weighted by molar-refractivity contribution is -0.119. The number of nitrogens with zero attached hydrogens (tertiary/aromatic N) is 2. The summed E-state index contributed by atoms with van der Waals surface area (Å²) in [5, 5.41) is 6.54. The van der Waals surface area contributed by atoms with Crippen molar-refractivity contribution in [1.82, 2.24) is 5.43 Å². The van der Waals surface area contributed by atoms with Crippen LogP contribution in [0.1, 0.15) is 5.56 Å². The SMILES string of the molecule is CS(=O)(=O)N(CC(=O)N/N=C\c1ccc(OCC(=O)Nc2ccccc2)cc1)c1ccc(F)cc1. The van der Waals surface area contributed by atoms with Crippen molar-refractivity contribution in [3.63, 3.8) is 0 Å². The monoisotopic (exact) mass is 498 g/mol. The molecule has 3 aromatic rings. The minimum Gasteiger partial charge on any atom is -0.484 e. The molecule has 0 aliphatic heterocycles. The third kappa shape index (κ3) is 8.23. The Morgan fingerprint density at radius 1 is 0.971 bits per heavy atom. The Kier molecular flexibility index (Phi) is 8.52. The van der Waals surface area contributed by atoms with Gasteiger partial charge in [0.15, 0.2) is 6.61 Å². The number of para-hydroxylation sites is 1. The second kappa shape index (κ2) is 11.7. The fraction of sp³-hybridized carbons (Fsp3) is 0.125. The zero-order valence-electron chi connectivity index (χ0n) is 18.7. The van der Waals surface area contributed by atoms with E-state index in [-0.39, 0.29) is 18.2 Å². The molecule has 0 saturated heterocycles. The number of ether oxygens (including phenoxy) is 1. The van der Waals surface area contributed by atoms with E-state index < -0.39 is 28.3 Å². The lowest BCUT2D eigenvalue weighted by Crippen LogP contribution is -2.39. The Bertz CT molecular complexity index is 1280. The van der Waals surface area contributed by atoms with Gasteiger partial charge in [0.1, 0.15) is 18.1 Å². The van der Waals surface area contributed by atoms with Crippen LogP contribution in [0.5, 0.6) is 5.75 Å². The number of anilines is 2. The molecule has 0 aliphatic carbocycles. The summed E-state index contributed by atoms with van der Waals surface area (Å²) in [7, 11) is -3.78. The number of nitrogens with one attached hydrogen (secondary N) is 2. The smallest absolute Gasteiger partial charge is 0.262 e. The molecular weight excluding hydrogens is 475 g/mol. The molecule has 0 aromatic heterocycles. The van der Waals surface area contributed by atoms with E-state index in [0.717, 1.165) is 22.7 Å². The number of amides is 2. The highest BCUT2D eigenvalue weighted by Crippen LogP contribution is 2.17. The number of hydrogen-bond donors (Lipinski definition) is 2. The van der Waals surface area contributed by atoms with Crippen molar-refractivity contribution in [2.75, 3.05) is 29.0 Å². The first-order chi connectivity index (χ1) is 16.7. The van der Waals surface area contributed by atoms with Crippen molar-refractivity contribution in [3.8, 4) is 5.75 Å². The highest BCUT2D eigenvalue weighted by molar-refractivity contribution is 7.92. The number of carbonyl (C=O) groups is 2. The van der Waals surface area contributed by atoms with E-state index >= 15 is 0 Å². The summed E-state index contributed by atoms with van der Waals surface area (Å²) in [5.41, 5.74) is 3.72. The van der Waals surface area contributed by atoms with E-state index in [1.807, 2.05) is 18.2 Å². The number of halogens is 1. The van der Waals surface area contributed by atoms with E-state index in [2.05, 4.69) is 15.8 Å². The fourth-order valence-electron chi connectivity index (χ4n) is 2.87. The van der Waals surface area contributed by atoms with E-state index in [1.54, 1.807) is 36.4 Å². The largest absolute Gasteiger partial charge is 0.484 e. The average molecular weight is 499 g/mol. The quantitative estimate of drug-likeness (QED) is 0.329. The minimum atomic E-state index is -3.78. The second-order valence-corrected chi connectivity index (χ2v) is 9.22. The number of sulfonamides is 1. The lowest BCUT2D eigenvalue weighted by atomic mass is 10.2. The molecule has 0 spiro atoms. The molecule has 2 amide bonds. The molecule has 2 N–H and O–H groups in total. The zero-order chi connectivity index (χ0) is 25.3. The minimum absolute atomic E-state index is 0.154. The lowest BCUT2D eigenvalue weighted by Gasteiger charge is -2.21. The van der Waals surface area contributed by atoms with Crippen molar-refractivity contribution >= 4 is 39.4 Å². The van der Waals surface area contributed by atoms with Crippen LogP contribution in [0.4, 0.5) is 15.8 Å². The predicted octanol–water partition coefficient (Wildman–Crippen LogP) is 2.76. The van der Waals surface area contributed by atoms with Crippen molar-refractivity contribution < 1.29 is 27.1 Å². The van der Waals surface area contributed by atoms with Gasteiger partial charge in [0, 0.05) is 5.69 Å². The Balaban J connectivity index is 1.49. The zero-order valence-corrected chi connectivity index (χ0v) is 19.5. The van der Waals surface area contributed by atoms with E-state index in [9.17, 15) is 22.4 Å². The summed E-state index contributed by atoms with van der Waals surface area (Å²) < 4.78 is 43.5. The Hall–Kier alpha value is -4.25. The summed E-state index contributed by atoms with van der Waals surface area (Å²) in [4.78, 5) is 24.1. The second-order valence-electron chi connectivity index (χ2n) is 7.31. The Morgan fingerprint density at radius 2 is 1.63 bits per heavy atom. The molecule has 3 aromatic carbocycles. The maximum Gasteiger partial charge on any atom is 0.262 e. The van der Waals surface area contributed by atoms with Gasteiger partial charge in [-0.2, -0.15) is 5.10 Å². The maximum absolute atomic E-state index is 13.1. The van der Waals surface area contributed by atoms with Crippen LogP contribution < -0.4 is 19.8 Å². The molecule has 0 aliphatic rings. The molecule has 0 fully saturated rings. The van der Waals surface area contributed by atoms with Gasteiger partial charge in [0.05, 0.1) is 18.2 Å². The van der Waals surface area contributed by atoms with Gasteiger partial charge in [0.2, 0.25) is 10.0 Å². The van der Waals surface area contributed by atoms with Crippen LogP contribution >= 0.6 is 0 Å². The standard InChI is InChI=1S/C24H23FN4O5S/c1-35(32,33)29(21-11-9-19(25)10-12-21)16-23(30)28-26-15-18-7-13-22(14-8-18)34-17-24(31)27-20-5-3-2-4-6-20/h2-15H,16-17H2,1H3,(H,27,31)(H,28,30)/b26-15-. The average Bonchev–Trinajstić information content (AvgIpc) is 2.83. The van der Waals surface area contributed by atoms with Crippen molar-refractivity contribution in [2.45, 2.75) is 0 Å². The number of carbonyl (C=O) groups excluding carboxylic acids is 2. The van der Waals surface area contributed by atoms with Crippen LogP contribution in [0.15, 0.2) is 84.0 Å². The highest BCUT2D eigenvalue weighted by Gasteiger charge is 2.20. The van der Waals surface area contributed by atoms with E-state index in [0.29, 0.717) is 17.0 Å². The van der Waals surface area contributed by atoms with Gasteiger partial charge < -0.3 is 10.1 Å². The first-order valence-electron chi connectivity index (χ1n) is 10.3. The van der Waals surface area contributed by atoms with E-state index in [4.69, 9.17) is 4.74 Å². The third-order valence-electron chi connectivity index (χ3n) is 4.51. The fourth-order valence-corrected chi connectivity index (χ4v) is 3.73. The van der Waals surface area contributed by atoms with Crippen LogP contribution in [0.25, 0.3) is 0 Å². The summed E-state index contributed by atoms with van der Waals surface area (Å²) in [6.07, 6.45) is 2.31. The number of hydrogen-bond acceptors (Lipinski definition) is 6. The van der Waals surface area contributed by atoms with Gasteiger partial charge in [-0.15, -0.1) is 0 Å². The van der Waals surface area contributed by atoms with Crippen LogP contribution in [0, 0.1) is 5.82 Å². The maximum atomic E-state index is 13.1. The predicted molar refractivity (Wildman–Crippen MR) is 131 cm³/mol. The topological polar surface area (TPSA) is 117 Å². The first-order valence-corrected chi connectivity index (χ1v) is 12.2. The number of rotatable bonds is 10. The van der Waals surface area contributed by atoms with Crippen LogP contribution in [0.2, 0.25) is 0 Å². The van der Waals surface area contributed by atoms with Gasteiger partial charge in [-0.1, -0.05) is 18.2 Å². The molecule has 0 radical (unpaired) electrons. The normalized spacial score (nSPS) is 11.1. The van der Waals surface area contributed by atoms with Gasteiger partial charge in [-0.05, 0) is 66.2 Å². The van der Waals surface area contributed by atoms with Gasteiger partial charge >= 0.3 is 0 Å². The molecule has 0 atom stereocenters. The Labute approximate surface area is 202 Å². The Morgan fingerprint density at radius 3 is 2.26 bits per heavy atom. The molecule has 9 nitrogen and oxygen atoms in total. The molecule has 3 rings (SSSR count). The molecule has 182 valence electrons. The van der Waals surface area contributed by atoms with Crippen molar-refractivity contribution in [3.05, 3.63) is 90.2 Å². The van der Waals surface area contributed by atoms with Gasteiger partial charge in [0.25, 0.3) is 11.8 Å². The highest BCUT2D eigenvalue weighted by atomic mass is 32.2. The first kappa shape index (κ1) is 25.4. The molecule has 35 heavy (non-hydrogen) atoms. The van der Waals surface area contributed by atoms with Crippen LogP contribution in [-0.4, -0.2) is 45.9 Å². The van der Waals surface area contributed by atoms with Crippen molar-refractivity contribution in [2.24, 2.45) is 5.10 Å². The van der Waals surface area contributed by atoms with Crippen LogP contribution in [0.3, 0.4) is 0 Å². The molecular formula is C24H23FN4O5S. The third-order valence-corrected chi connectivity index (χ3v) is 5.65. The van der Waals surface area contributed by atoms with Gasteiger partial charge in [-0.3, -0.25) is 13.9 Å². The van der Waals surface area contributed by atoms with Crippen LogP contribution in [-0.2, 0) is 19.6 Å². The van der Waals surface area contributed by atoms with E-state index in [1.165, 1.54) is 18.3 Å².